The van der Waals surface area contributed by atoms with Gasteiger partial charge >= 0.3 is 0 Å². The Labute approximate surface area is 80.3 Å². The lowest BCUT2D eigenvalue weighted by atomic mass is 9.99. The molecule has 0 aliphatic heterocycles. The van der Waals surface area contributed by atoms with Crippen LogP contribution in [0, 0.1) is 0 Å². The van der Waals surface area contributed by atoms with Gasteiger partial charge in [0.1, 0.15) is 0 Å². The maximum absolute atomic E-state index is 5.80. The number of nitrogens with two attached hydrogens (primary N) is 1. The smallest absolute Gasteiger partial charge is 0.0478 e. The van der Waals surface area contributed by atoms with Crippen LogP contribution in [0.2, 0.25) is 0 Å². The minimum atomic E-state index is -0.0405. The summed E-state index contributed by atoms with van der Waals surface area (Å²) in [6.45, 7) is 8.04. The van der Waals surface area contributed by atoms with Crippen LogP contribution in [-0.4, -0.2) is 0 Å². The van der Waals surface area contributed by atoms with Gasteiger partial charge in [0.15, 0.2) is 0 Å². The van der Waals surface area contributed by atoms with E-state index < -0.39 is 0 Å². The van der Waals surface area contributed by atoms with E-state index in [2.05, 4.69) is 44.7 Å². The summed E-state index contributed by atoms with van der Waals surface area (Å²) in [6, 6.07) is 8.36. The van der Waals surface area contributed by atoms with E-state index in [1.807, 2.05) is 0 Å². The highest BCUT2D eigenvalue weighted by Gasteiger charge is 2.02. The van der Waals surface area contributed by atoms with Gasteiger partial charge in [0.2, 0.25) is 0 Å². The first-order valence-corrected chi connectivity index (χ1v) is 4.63. The molecule has 1 aromatic rings. The zero-order valence-electron chi connectivity index (χ0n) is 8.33. The lowest BCUT2D eigenvalue weighted by molar-refractivity contribution is 0.858. The summed E-state index contributed by atoms with van der Waals surface area (Å²) >= 11 is 0. The summed E-state index contributed by atoms with van der Waals surface area (Å²) in [6.07, 6.45) is 1.75. The Bertz CT molecular complexity index is 272. The van der Waals surface area contributed by atoms with Crippen molar-refractivity contribution in [2.75, 3.05) is 0 Å². The molecule has 1 rings (SSSR count). The van der Waals surface area contributed by atoms with Crippen molar-refractivity contribution >= 4 is 0 Å². The van der Waals surface area contributed by atoms with Crippen molar-refractivity contribution in [2.24, 2.45) is 5.73 Å². The van der Waals surface area contributed by atoms with E-state index in [1.165, 1.54) is 5.56 Å². The average Bonchev–Trinajstić information content (AvgIpc) is 2.17. The highest BCUT2D eigenvalue weighted by Crippen LogP contribution is 2.17. The summed E-state index contributed by atoms with van der Waals surface area (Å²) < 4.78 is 0. The first kappa shape index (κ1) is 10.0. The third-order valence-electron chi connectivity index (χ3n) is 2.24. The summed E-state index contributed by atoms with van der Waals surface area (Å²) in [5.41, 5.74) is 8.27. The van der Waals surface area contributed by atoms with Crippen molar-refractivity contribution in [1.29, 1.82) is 0 Å². The van der Waals surface area contributed by atoms with Crippen molar-refractivity contribution in [3.63, 3.8) is 0 Å². The molecule has 0 amide bonds. The molecule has 0 aliphatic rings. The second-order valence-corrected chi connectivity index (χ2v) is 3.58. The lowest BCUT2D eigenvalue weighted by Crippen LogP contribution is -2.06. The molecule has 0 saturated carbocycles. The quantitative estimate of drug-likeness (QED) is 0.702. The molecule has 0 saturated heterocycles. The van der Waals surface area contributed by atoms with Crippen molar-refractivity contribution in [1.82, 2.24) is 0 Å². The first-order chi connectivity index (χ1) is 6.15. The number of benzene rings is 1. The third-order valence-corrected chi connectivity index (χ3v) is 2.24. The van der Waals surface area contributed by atoms with Crippen molar-refractivity contribution in [3.8, 4) is 0 Å². The van der Waals surface area contributed by atoms with E-state index >= 15 is 0 Å². The second kappa shape index (κ2) is 4.24. The van der Waals surface area contributed by atoms with Crippen molar-refractivity contribution in [3.05, 3.63) is 48.0 Å². The average molecular weight is 175 g/mol. The first-order valence-electron chi connectivity index (χ1n) is 4.63. The summed E-state index contributed by atoms with van der Waals surface area (Å²) in [5.74, 6) is 0.578. The number of hydrogen-bond acceptors (Lipinski definition) is 1. The zero-order chi connectivity index (χ0) is 9.84. The molecule has 0 bridgehead atoms. The maximum Gasteiger partial charge on any atom is 0.0478 e. The van der Waals surface area contributed by atoms with Crippen molar-refractivity contribution < 1.29 is 0 Å². The van der Waals surface area contributed by atoms with Crippen LogP contribution in [0.15, 0.2) is 36.9 Å². The Kier molecular flexibility index (Phi) is 3.26. The van der Waals surface area contributed by atoms with Crippen LogP contribution < -0.4 is 5.73 Å². The molecule has 0 unspecified atom stereocenters. The molecule has 0 heterocycles. The normalized spacial score (nSPS) is 12.9. The molecule has 13 heavy (non-hydrogen) atoms. The monoisotopic (exact) mass is 175 g/mol. The Morgan fingerprint density at radius 1 is 1.15 bits per heavy atom. The Morgan fingerprint density at radius 3 is 2.00 bits per heavy atom. The van der Waals surface area contributed by atoms with Crippen LogP contribution in [-0.2, 0) is 0 Å². The van der Waals surface area contributed by atoms with Crippen molar-refractivity contribution in [2.45, 2.75) is 25.8 Å². The number of rotatable bonds is 3. The van der Waals surface area contributed by atoms with Crippen LogP contribution in [0.3, 0.4) is 0 Å². The minimum absolute atomic E-state index is 0.0405. The summed E-state index contributed by atoms with van der Waals surface area (Å²) in [7, 11) is 0. The molecule has 1 atom stereocenters. The molecule has 1 nitrogen and oxygen atoms in total. The highest BCUT2D eigenvalue weighted by molar-refractivity contribution is 5.28. The van der Waals surface area contributed by atoms with Gasteiger partial charge in [-0.1, -0.05) is 44.2 Å². The van der Waals surface area contributed by atoms with Gasteiger partial charge in [-0.15, -0.1) is 6.58 Å². The maximum atomic E-state index is 5.80. The molecule has 0 radical (unpaired) electrons. The van der Waals surface area contributed by atoms with Gasteiger partial charge < -0.3 is 5.73 Å². The number of hydrogen-bond donors (Lipinski definition) is 1. The van der Waals surface area contributed by atoms with E-state index in [0.717, 1.165) is 5.56 Å². The van der Waals surface area contributed by atoms with E-state index in [4.69, 9.17) is 5.73 Å². The van der Waals surface area contributed by atoms with E-state index in [0.29, 0.717) is 5.92 Å². The molecule has 0 spiro atoms. The molecule has 0 fully saturated rings. The standard InChI is InChI=1S/C12H17N/c1-4-12(13)11-7-5-10(6-8-11)9(2)3/h4-9,12H,1,13H2,2-3H3/t12-/m1/s1. The Balaban J connectivity index is 2.87. The highest BCUT2D eigenvalue weighted by atomic mass is 14.6. The van der Waals surface area contributed by atoms with Gasteiger partial charge in [-0.25, -0.2) is 0 Å². The van der Waals surface area contributed by atoms with Crippen LogP contribution >= 0.6 is 0 Å². The summed E-state index contributed by atoms with van der Waals surface area (Å²) in [4.78, 5) is 0. The van der Waals surface area contributed by atoms with Crippen LogP contribution in [0.5, 0.6) is 0 Å². The van der Waals surface area contributed by atoms with Gasteiger partial charge in [-0.2, -0.15) is 0 Å². The predicted octanol–water partition coefficient (Wildman–Crippen LogP) is 3.00. The molecular weight excluding hydrogens is 158 g/mol. The zero-order valence-corrected chi connectivity index (χ0v) is 8.33. The molecule has 2 N–H and O–H groups in total. The molecular formula is C12H17N. The molecule has 70 valence electrons. The largest absolute Gasteiger partial charge is 0.321 e. The minimum Gasteiger partial charge on any atom is -0.321 e. The van der Waals surface area contributed by atoms with Gasteiger partial charge in [0, 0.05) is 6.04 Å². The lowest BCUT2D eigenvalue weighted by Gasteiger charge is -2.09. The Morgan fingerprint density at radius 2 is 1.62 bits per heavy atom. The molecule has 1 heteroatoms. The second-order valence-electron chi connectivity index (χ2n) is 3.58. The van der Waals surface area contributed by atoms with Crippen LogP contribution in [0.4, 0.5) is 0 Å². The van der Waals surface area contributed by atoms with E-state index in [9.17, 15) is 0 Å². The van der Waals surface area contributed by atoms with E-state index in [1.54, 1.807) is 6.08 Å². The molecule has 1 aromatic carbocycles. The van der Waals surface area contributed by atoms with E-state index in [-0.39, 0.29) is 6.04 Å². The van der Waals surface area contributed by atoms with Crippen LogP contribution in [0.1, 0.15) is 36.9 Å². The van der Waals surface area contributed by atoms with Gasteiger partial charge in [-0.05, 0) is 17.0 Å². The fourth-order valence-corrected chi connectivity index (χ4v) is 1.24. The molecule has 0 aromatic heterocycles. The van der Waals surface area contributed by atoms with Gasteiger partial charge in [0.25, 0.3) is 0 Å². The van der Waals surface area contributed by atoms with Gasteiger partial charge in [0.05, 0.1) is 0 Å². The SMILES string of the molecule is C=C[C@@H](N)c1ccc(C(C)C)cc1. The van der Waals surface area contributed by atoms with Gasteiger partial charge in [-0.3, -0.25) is 0 Å². The molecule has 0 aliphatic carbocycles. The third kappa shape index (κ3) is 2.43. The van der Waals surface area contributed by atoms with Crippen LogP contribution in [0.25, 0.3) is 0 Å². The fraction of sp³-hybridized carbons (Fsp3) is 0.333. The summed E-state index contributed by atoms with van der Waals surface area (Å²) in [5, 5.41) is 0. The fourth-order valence-electron chi connectivity index (χ4n) is 1.24. The predicted molar refractivity (Wildman–Crippen MR) is 57.7 cm³/mol. The topological polar surface area (TPSA) is 26.0 Å². The Hall–Kier alpha value is -1.08.